The summed E-state index contributed by atoms with van der Waals surface area (Å²) < 4.78 is 4.97. The highest BCUT2D eigenvalue weighted by Gasteiger charge is 2.19. The number of hydrogen-bond acceptors (Lipinski definition) is 6. The molecule has 25 heavy (non-hydrogen) atoms. The second kappa shape index (κ2) is 9.68. The van der Waals surface area contributed by atoms with Gasteiger partial charge in [-0.1, -0.05) is 19.9 Å². The van der Waals surface area contributed by atoms with Crippen molar-refractivity contribution in [3.63, 3.8) is 0 Å². The molecule has 0 aliphatic carbocycles. The molecule has 0 aliphatic rings. The Morgan fingerprint density at radius 3 is 2.76 bits per heavy atom. The highest BCUT2D eigenvalue weighted by molar-refractivity contribution is 7.10. The van der Waals surface area contributed by atoms with E-state index in [2.05, 4.69) is 18.8 Å². The van der Waals surface area contributed by atoms with Crippen molar-refractivity contribution in [1.29, 1.82) is 0 Å². The Morgan fingerprint density at radius 2 is 2.12 bits per heavy atom. The van der Waals surface area contributed by atoms with E-state index in [9.17, 15) is 9.59 Å². The van der Waals surface area contributed by atoms with Gasteiger partial charge in [0.1, 0.15) is 5.01 Å². The molecule has 7 heteroatoms. The third kappa shape index (κ3) is 6.25. The topological polar surface area (TPSA) is 59.5 Å². The van der Waals surface area contributed by atoms with Crippen molar-refractivity contribution in [1.82, 2.24) is 9.88 Å². The number of thiophene rings is 1. The molecule has 136 valence electrons. The van der Waals surface area contributed by atoms with E-state index < -0.39 is 5.97 Å². The van der Waals surface area contributed by atoms with Crippen LogP contribution in [0.3, 0.4) is 0 Å². The Balaban J connectivity index is 2.04. The molecule has 0 saturated carbocycles. The number of carbonyl (C=O) groups excluding carboxylic acids is 2. The standard InChI is InChI=1S/C18H24N2O3S2/c1-4-23-18(22)15-12-25-16(19-15)11-20(8-7-13(2)3)17(21)10-14-6-5-9-24-14/h5-6,9,12-13H,4,7-8,10-11H2,1-3H3. The number of carbonyl (C=O) groups is 2. The van der Waals surface area contributed by atoms with Crippen LogP contribution in [0, 0.1) is 5.92 Å². The van der Waals surface area contributed by atoms with Crippen LogP contribution in [0.4, 0.5) is 0 Å². The minimum absolute atomic E-state index is 0.0935. The molecule has 0 atom stereocenters. The van der Waals surface area contributed by atoms with E-state index in [1.165, 1.54) is 11.3 Å². The zero-order chi connectivity index (χ0) is 18.2. The fraction of sp³-hybridized carbons (Fsp3) is 0.500. The van der Waals surface area contributed by atoms with Crippen molar-refractivity contribution in [3.8, 4) is 0 Å². The van der Waals surface area contributed by atoms with Crippen molar-refractivity contribution in [2.45, 2.75) is 40.2 Å². The van der Waals surface area contributed by atoms with Crippen LogP contribution in [-0.2, 0) is 22.5 Å². The molecule has 0 fully saturated rings. The first-order valence-corrected chi connectivity index (χ1v) is 10.2. The summed E-state index contributed by atoms with van der Waals surface area (Å²) >= 11 is 2.98. The van der Waals surface area contributed by atoms with Gasteiger partial charge in [-0.15, -0.1) is 22.7 Å². The molecule has 2 aromatic heterocycles. The number of thiazole rings is 1. The van der Waals surface area contributed by atoms with E-state index in [-0.39, 0.29) is 5.91 Å². The number of nitrogens with zero attached hydrogens (tertiary/aromatic N) is 2. The molecule has 0 radical (unpaired) electrons. The van der Waals surface area contributed by atoms with Gasteiger partial charge in [-0.05, 0) is 30.7 Å². The van der Waals surface area contributed by atoms with Gasteiger partial charge >= 0.3 is 5.97 Å². The molecule has 2 aromatic rings. The molecule has 2 rings (SSSR count). The Morgan fingerprint density at radius 1 is 1.32 bits per heavy atom. The summed E-state index contributed by atoms with van der Waals surface area (Å²) in [4.78, 5) is 31.7. The minimum atomic E-state index is -0.413. The smallest absolute Gasteiger partial charge is 0.357 e. The van der Waals surface area contributed by atoms with Gasteiger partial charge in [0.2, 0.25) is 5.91 Å². The monoisotopic (exact) mass is 380 g/mol. The molecule has 0 N–H and O–H groups in total. The predicted octanol–water partition coefficient (Wildman–Crippen LogP) is 4.00. The summed E-state index contributed by atoms with van der Waals surface area (Å²) in [7, 11) is 0. The van der Waals surface area contributed by atoms with Gasteiger partial charge < -0.3 is 9.64 Å². The normalized spacial score (nSPS) is 10.9. The number of hydrogen-bond donors (Lipinski definition) is 0. The number of ether oxygens (including phenoxy) is 1. The predicted molar refractivity (Wildman–Crippen MR) is 101 cm³/mol. The number of aromatic nitrogens is 1. The molecule has 5 nitrogen and oxygen atoms in total. The second-order valence-electron chi connectivity index (χ2n) is 6.10. The Hall–Kier alpha value is -1.73. The maximum absolute atomic E-state index is 12.7. The van der Waals surface area contributed by atoms with E-state index in [0.29, 0.717) is 37.7 Å². The first-order valence-electron chi connectivity index (χ1n) is 8.41. The minimum Gasteiger partial charge on any atom is -0.461 e. The van der Waals surface area contributed by atoms with Gasteiger partial charge in [0.25, 0.3) is 0 Å². The van der Waals surface area contributed by atoms with E-state index in [1.54, 1.807) is 23.6 Å². The lowest BCUT2D eigenvalue weighted by Gasteiger charge is -2.22. The van der Waals surface area contributed by atoms with Gasteiger partial charge in [-0.3, -0.25) is 4.79 Å². The fourth-order valence-corrected chi connectivity index (χ4v) is 3.70. The molecule has 2 heterocycles. The summed E-state index contributed by atoms with van der Waals surface area (Å²) in [6, 6.07) is 3.93. The molecular weight excluding hydrogens is 356 g/mol. The number of amides is 1. The zero-order valence-corrected chi connectivity index (χ0v) is 16.5. The molecule has 0 spiro atoms. The third-order valence-corrected chi connectivity index (χ3v) is 5.31. The van der Waals surface area contributed by atoms with Crippen molar-refractivity contribution in [2.24, 2.45) is 5.92 Å². The summed E-state index contributed by atoms with van der Waals surface area (Å²) in [5, 5.41) is 4.43. The van der Waals surface area contributed by atoms with Crippen LogP contribution in [0.1, 0.15) is 47.6 Å². The molecule has 0 unspecified atom stereocenters. The quantitative estimate of drug-likeness (QED) is 0.617. The summed E-state index contributed by atoms with van der Waals surface area (Å²) in [5.74, 6) is 0.197. The SMILES string of the molecule is CCOC(=O)c1csc(CN(CCC(C)C)C(=O)Cc2cccs2)n1. The van der Waals surface area contributed by atoms with Gasteiger partial charge in [0, 0.05) is 16.8 Å². The first kappa shape index (κ1) is 19.6. The van der Waals surface area contributed by atoms with Crippen molar-refractivity contribution in [2.75, 3.05) is 13.2 Å². The average Bonchev–Trinajstić information content (AvgIpc) is 3.23. The Labute approximate surface area is 156 Å². The van der Waals surface area contributed by atoms with E-state index in [4.69, 9.17) is 4.74 Å². The van der Waals surface area contributed by atoms with Gasteiger partial charge in [0.15, 0.2) is 5.69 Å². The van der Waals surface area contributed by atoms with Gasteiger partial charge in [0.05, 0.1) is 19.6 Å². The lowest BCUT2D eigenvalue weighted by molar-refractivity contribution is -0.131. The maximum atomic E-state index is 12.7. The maximum Gasteiger partial charge on any atom is 0.357 e. The molecule has 0 aromatic carbocycles. The van der Waals surface area contributed by atoms with E-state index in [0.717, 1.165) is 16.3 Å². The van der Waals surface area contributed by atoms with Crippen LogP contribution >= 0.6 is 22.7 Å². The second-order valence-corrected chi connectivity index (χ2v) is 8.08. The molecule has 0 bridgehead atoms. The van der Waals surface area contributed by atoms with Crippen molar-refractivity contribution >= 4 is 34.6 Å². The van der Waals surface area contributed by atoms with Gasteiger partial charge in [-0.2, -0.15) is 0 Å². The average molecular weight is 381 g/mol. The number of rotatable bonds is 9. The third-order valence-electron chi connectivity index (χ3n) is 3.60. The lowest BCUT2D eigenvalue weighted by Crippen LogP contribution is -2.33. The Bertz CT molecular complexity index is 680. The van der Waals surface area contributed by atoms with E-state index >= 15 is 0 Å². The first-order chi connectivity index (χ1) is 12.0. The van der Waals surface area contributed by atoms with Crippen LogP contribution in [0.5, 0.6) is 0 Å². The fourth-order valence-electron chi connectivity index (χ4n) is 2.23. The Kier molecular flexibility index (Phi) is 7.58. The van der Waals surface area contributed by atoms with Crippen LogP contribution in [0.25, 0.3) is 0 Å². The van der Waals surface area contributed by atoms with Crippen LogP contribution in [0.15, 0.2) is 22.9 Å². The molecule has 0 saturated heterocycles. The highest BCUT2D eigenvalue weighted by atomic mass is 32.1. The van der Waals surface area contributed by atoms with Crippen molar-refractivity contribution in [3.05, 3.63) is 38.5 Å². The lowest BCUT2D eigenvalue weighted by atomic mass is 10.1. The molecule has 1 amide bonds. The molecular formula is C18H24N2O3S2. The van der Waals surface area contributed by atoms with Gasteiger partial charge in [-0.25, -0.2) is 9.78 Å². The number of esters is 1. The van der Waals surface area contributed by atoms with Crippen molar-refractivity contribution < 1.29 is 14.3 Å². The van der Waals surface area contributed by atoms with Crippen LogP contribution in [0.2, 0.25) is 0 Å². The largest absolute Gasteiger partial charge is 0.461 e. The van der Waals surface area contributed by atoms with Crippen LogP contribution < -0.4 is 0 Å². The summed E-state index contributed by atoms with van der Waals surface area (Å²) in [5.41, 5.74) is 0.316. The summed E-state index contributed by atoms with van der Waals surface area (Å²) in [6.07, 6.45) is 1.35. The van der Waals surface area contributed by atoms with Crippen LogP contribution in [-0.4, -0.2) is 34.9 Å². The summed E-state index contributed by atoms with van der Waals surface area (Å²) in [6.45, 7) is 7.50. The molecule has 0 aliphatic heterocycles. The zero-order valence-electron chi connectivity index (χ0n) is 14.9. The van der Waals surface area contributed by atoms with E-state index in [1.807, 2.05) is 22.4 Å². The highest BCUT2D eigenvalue weighted by Crippen LogP contribution is 2.17.